The molecule has 0 saturated heterocycles. The van der Waals surface area contributed by atoms with E-state index in [1.54, 1.807) is 24.3 Å². The lowest BCUT2D eigenvalue weighted by Gasteiger charge is -2.32. The van der Waals surface area contributed by atoms with E-state index in [0.29, 0.717) is 11.3 Å². The number of para-hydroxylation sites is 1. The third-order valence-corrected chi connectivity index (χ3v) is 3.10. The topological polar surface area (TPSA) is 46.2 Å². The highest BCUT2D eigenvalue weighted by molar-refractivity contribution is 6.24. The molecule has 1 aromatic carbocycles. The monoisotopic (exact) mass is 237 g/mol. The van der Waals surface area contributed by atoms with Crippen molar-refractivity contribution in [3.05, 3.63) is 29.8 Å². The summed E-state index contributed by atoms with van der Waals surface area (Å²) in [6.07, 6.45) is 10.6. The number of benzene rings is 1. The Kier molecular flexibility index (Phi) is 2.92. The number of fused-ring (bicyclic) bond motifs is 1. The van der Waals surface area contributed by atoms with Crippen molar-refractivity contribution in [1.82, 2.24) is 0 Å². The third kappa shape index (κ3) is 1.58. The van der Waals surface area contributed by atoms with E-state index in [0.717, 1.165) is 0 Å². The zero-order valence-corrected chi connectivity index (χ0v) is 9.69. The van der Waals surface area contributed by atoms with Crippen LogP contribution in [0.4, 0.5) is 5.69 Å². The van der Waals surface area contributed by atoms with Crippen LogP contribution in [0.25, 0.3) is 0 Å². The molecular formula is C15H11NO2. The summed E-state index contributed by atoms with van der Waals surface area (Å²) in [5.41, 5.74) is -0.350. The number of carbonyl (C=O) groups excluding carboxylic acids is 2. The zero-order chi connectivity index (χ0) is 13.2. The van der Waals surface area contributed by atoms with Gasteiger partial charge < -0.3 is 5.32 Å². The maximum atomic E-state index is 12.5. The second-order valence-electron chi connectivity index (χ2n) is 4.17. The highest BCUT2D eigenvalue weighted by Crippen LogP contribution is 2.38. The normalized spacial score (nSPS) is 16.1. The first kappa shape index (κ1) is 12.0. The first-order valence-corrected chi connectivity index (χ1v) is 5.48. The van der Waals surface area contributed by atoms with Gasteiger partial charge in [-0.3, -0.25) is 9.59 Å². The van der Waals surface area contributed by atoms with E-state index in [1.807, 2.05) is 0 Å². The van der Waals surface area contributed by atoms with E-state index in [2.05, 4.69) is 17.2 Å². The predicted molar refractivity (Wildman–Crippen MR) is 68.7 cm³/mol. The number of hydrogen-bond donors (Lipinski definition) is 1. The summed E-state index contributed by atoms with van der Waals surface area (Å²) in [6.45, 7) is 0. The Morgan fingerprint density at radius 1 is 1.11 bits per heavy atom. The van der Waals surface area contributed by atoms with Crippen LogP contribution < -0.4 is 5.32 Å². The van der Waals surface area contributed by atoms with Crippen molar-refractivity contribution in [2.24, 2.45) is 5.41 Å². The summed E-state index contributed by atoms with van der Waals surface area (Å²) in [5.74, 6) is 4.05. The van der Waals surface area contributed by atoms with Crippen molar-refractivity contribution in [3.63, 3.8) is 0 Å². The molecule has 2 rings (SSSR count). The van der Waals surface area contributed by atoms with E-state index >= 15 is 0 Å². The number of hydrogen-bond acceptors (Lipinski definition) is 2. The largest absolute Gasteiger partial charge is 0.324 e. The molecule has 1 amide bonds. The molecule has 0 aliphatic carbocycles. The number of ketones is 1. The molecule has 1 aliphatic heterocycles. The van der Waals surface area contributed by atoms with Gasteiger partial charge in [0.2, 0.25) is 5.91 Å². The minimum Gasteiger partial charge on any atom is -0.324 e. The Bertz CT molecular complexity index is 586. The van der Waals surface area contributed by atoms with Crippen LogP contribution in [0, 0.1) is 30.1 Å². The molecule has 0 bridgehead atoms. The van der Waals surface area contributed by atoms with Crippen molar-refractivity contribution >= 4 is 17.4 Å². The van der Waals surface area contributed by atoms with Crippen LogP contribution in [0.2, 0.25) is 0 Å². The molecule has 1 aliphatic rings. The molecule has 0 radical (unpaired) electrons. The van der Waals surface area contributed by atoms with Crippen LogP contribution in [-0.2, 0) is 4.79 Å². The Morgan fingerprint density at radius 2 is 1.72 bits per heavy atom. The minimum absolute atomic E-state index is 0.0101. The molecule has 0 atom stereocenters. The molecule has 1 N–H and O–H groups in total. The first-order chi connectivity index (χ1) is 8.65. The maximum absolute atomic E-state index is 12.5. The number of nitrogens with one attached hydrogen (secondary N) is 1. The molecule has 0 fully saturated rings. The molecular weight excluding hydrogens is 226 g/mol. The molecule has 3 heteroatoms. The van der Waals surface area contributed by atoms with Gasteiger partial charge in [-0.25, -0.2) is 0 Å². The van der Waals surface area contributed by atoms with Crippen LogP contribution in [0.5, 0.6) is 0 Å². The summed E-state index contributed by atoms with van der Waals surface area (Å²) in [4.78, 5) is 24.6. The molecule has 0 saturated carbocycles. The van der Waals surface area contributed by atoms with Gasteiger partial charge in [-0.2, -0.15) is 0 Å². The fourth-order valence-corrected chi connectivity index (χ4v) is 2.13. The minimum atomic E-state index is -1.32. The van der Waals surface area contributed by atoms with E-state index in [1.165, 1.54) is 0 Å². The molecule has 18 heavy (non-hydrogen) atoms. The molecule has 0 unspecified atom stereocenters. The van der Waals surface area contributed by atoms with Crippen LogP contribution in [0.15, 0.2) is 24.3 Å². The molecule has 3 nitrogen and oxygen atoms in total. The standard InChI is InChI=1S/C15H11NO2/c1-3-9-15(10-4-2)13(17)11-7-5-6-8-12(11)16-14(15)18/h1-2,5-8H,9-10H2,(H,16,18). The summed E-state index contributed by atoms with van der Waals surface area (Å²) in [5, 5.41) is 2.70. The smallest absolute Gasteiger partial charge is 0.240 e. The van der Waals surface area contributed by atoms with E-state index in [4.69, 9.17) is 12.8 Å². The fraction of sp³-hybridized carbons (Fsp3) is 0.200. The lowest BCUT2D eigenvalue weighted by molar-refractivity contribution is -0.123. The highest BCUT2D eigenvalue weighted by Gasteiger charge is 2.48. The number of rotatable bonds is 2. The average Bonchev–Trinajstić information content (AvgIpc) is 2.37. The third-order valence-electron chi connectivity index (χ3n) is 3.10. The van der Waals surface area contributed by atoms with Crippen LogP contribution in [-0.4, -0.2) is 11.7 Å². The van der Waals surface area contributed by atoms with Gasteiger partial charge in [-0.1, -0.05) is 12.1 Å². The summed E-state index contributed by atoms with van der Waals surface area (Å²) in [7, 11) is 0. The zero-order valence-electron chi connectivity index (χ0n) is 9.69. The molecule has 0 aromatic heterocycles. The lowest BCUT2D eigenvalue weighted by atomic mass is 9.72. The number of terminal acetylenes is 2. The maximum Gasteiger partial charge on any atom is 0.240 e. The van der Waals surface area contributed by atoms with Crippen LogP contribution >= 0.6 is 0 Å². The van der Waals surface area contributed by atoms with Crippen molar-refractivity contribution in [3.8, 4) is 24.7 Å². The fourth-order valence-electron chi connectivity index (χ4n) is 2.13. The van der Waals surface area contributed by atoms with Gasteiger partial charge in [0, 0.05) is 18.4 Å². The number of carbonyl (C=O) groups is 2. The summed E-state index contributed by atoms with van der Waals surface area (Å²) >= 11 is 0. The van der Waals surface area contributed by atoms with Gasteiger partial charge in [0.05, 0.1) is 5.69 Å². The second-order valence-corrected chi connectivity index (χ2v) is 4.17. The van der Waals surface area contributed by atoms with Gasteiger partial charge in [-0.05, 0) is 12.1 Å². The second kappa shape index (κ2) is 4.39. The van der Waals surface area contributed by atoms with Crippen LogP contribution in [0.1, 0.15) is 23.2 Å². The Morgan fingerprint density at radius 3 is 2.33 bits per heavy atom. The Hall–Kier alpha value is -2.52. The Labute approximate surface area is 106 Å². The highest BCUT2D eigenvalue weighted by atomic mass is 16.2. The SMILES string of the molecule is C#CCC1(CC#C)C(=O)Nc2ccccc2C1=O. The van der Waals surface area contributed by atoms with Crippen molar-refractivity contribution in [2.75, 3.05) is 5.32 Å². The lowest BCUT2D eigenvalue weighted by Crippen LogP contribution is -2.46. The number of amides is 1. The van der Waals surface area contributed by atoms with Crippen LogP contribution in [0.3, 0.4) is 0 Å². The van der Waals surface area contributed by atoms with Gasteiger partial charge in [0.25, 0.3) is 0 Å². The molecule has 0 spiro atoms. The quantitative estimate of drug-likeness (QED) is 0.630. The van der Waals surface area contributed by atoms with E-state index < -0.39 is 11.3 Å². The number of anilines is 1. The molecule has 1 heterocycles. The predicted octanol–water partition coefficient (Wildman–Crippen LogP) is 1.85. The first-order valence-electron chi connectivity index (χ1n) is 5.48. The summed E-state index contributed by atoms with van der Waals surface area (Å²) < 4.78 is 0. The van der Waals surface area contributed by atoms with Gasteiger partial charge in [-0.15, -0.1) is 24.7 Å². The van der Waals surface area contributed by atoms with Gasteiger partial charge in [0.1, 0.15) is 5.41 Å². The average molecular weight is 237 g/mol. The van der Waals surface area contributed by atoms with Gasteiger partial charge >= 0.3 is 0 Å². The van der Waals surface area contributed by atoms with Crippen molar-refractivity contribution in [1.29, 1.82) is 0 Å². The van der Waals surface area contributed by atoms with E-state index in [-0.39, 0.29) is 18.6 Å². The van der Waals surface area contributed by atoms with Gasteiger partial charge in [0.15, 0.2) is 5.78 Å². The van der Waals surface area contributed by atoms with E-state index in [9.17, 15) is 9.59 Å². The summed E-state index contributed by atoms with van der Waals surface area (Å²) in [6, 6.07) is 6.84. The molecule has 88 valence electrons. The van der Waals surface area contributed by atoms with Crippen molar-refractivity contribution in [2.45, 2.75) is 12.8 Å². The number of Topliss-reactive ketones (excluding diaryl/α,β-unsaturated/α-hetero) is 1. The molecule has 1 aromatic rings. The van der Waals surface area contributed by atoms with Crippen molar-refractivity contribution < 1.29 is 9.59 Å². The Balaban J connectivity index is 2.58.